The van der Waals surface area contributed by atoms with Gasteiger partial charge in [0.05, 0.1) is 11.9 Å². The number of piperidine rings is 1. The first-order valence-corrected chi connectivity index (χ1v) is 14.6. The van der Waals surface area contributed by atoms with Crippen LogP contribution >= 0.6 is 0 Å². The molecular formula is C28H29FN6O4S. The van der Waals surface area contributed by atoms with Crippen molar-refractivity contribution in [2.24, 2.45) is 0 Å². The standard InChI is InChI=1S/C28H29FN6O4S/c1-3-40(38,39)33-27(36)23-17-31-35-25(23)30-16-24(26(35)32-22-6-4-5-18(2)15-22)28(37)34-13-11-20(12-14-34)19-7-9-21(29)10-8-19/h4-10,15-17,20,32H,3,11-14H2,1-2H3,(H,33,36). The van der Waals surface area contributed by atoms with Gasteiger partial charge in [-0.2, -0.15) is 9.61 Å². The summed E-state index contributed by atoms with van der Waals surface area (Å²) in [5.41, 5.74) is 3.06. The molecule has 3 heterocycles. The number of aryl methyl sites for hydroxylation is 1. The van der Waals surface area contributed by atoms with Crippen molar-refractivity contribution in [3.05, 3.63) is 89.0 Å². The second kappa shape index (κ2) is 11.0. The van der Waals surface area contributed by atoms with Crippen LogP contribution in [0.15, 0.2) is 60.9 Å². The largest absolute Gasteiger partial charge is 0.339 e. The lowest BCUT2D eigenvalue weighted by Gasteiger charge is -2.32. The van der Waals surface area contributed by atoms with Crippen molar-refractivity contribution >= 4 is 39.0 Å². The van der Waals surface area contributed by atoms with Gasteiger partial charge < -0.3 is 10.2 Å². The Morgan fingerprint density at radius 1 is 1.05 bits per heavy atom. The van der Waals surface area contributed by atoms with Crippen molar-refractivity contribution in [2.45, 2.75) is 32.6 Å². The van der Waals surface area contributed by atoms with E-state index in [1.54, 1.807) is 17.0 Å². The predicted octanol–water partition coefficient (Wildman–Crippen LogP) is 4.02. The van der Waals surface area contributed by atoms with E-state index >= 15 is 0 Å². The summed E-state index contributed by atoms with van der Waals surface area (Å²) in [6.07, 6.45) is 4.07. The molecule has 40 heavy (non-hydrogen) atoms. The van der Waals surface area contributed by atoms with Gasteiger partial charge in [0.25, 0.3) is 11.8 Å². The Hall–Kier alpha value is -4.32. The highest BCUT2D eigenvalue weighted by atomic mass is 32.2. The molecule has 0 bridgehead atoms. The molecular weight excluding hydrogens is 535 g/mol. The van der Waals surface area contributed by atoms with Gasteiger partial charge in [-0.3, -0.25) is 9.59 Å². The summed E-state index contributed by atoms with van der Waals surface area (Å²) >= 11 is 0. The van der Waals surface area contributed by atoms with E-state index in [-0.39, 0.29) is 40.2 Å². The lowest BCUT2D eigenvalue weighted by atomic mass is 9.89. The number of rotatable bonds is 7. The van der Waals surface area contributed by atoms with Crippen molar-refractivity contribution in [1.82, 2.24) is 24.2 Å². The van der Waals surface area contributed by atoms with Gasteiger partial charge in [0, 0.05) is 25.0 Å². The second-order valence-electron chi connectivity index (χ2n) is 9.76. The predicted molar refractivity (Wildman–Crippen MR) is 149 cm³/mol. The molecule has 2 aromatic heterocycles. The number of hydrogen-bond donors (Lipinski definition) is 2. The second-order valence-corrected chi connectivity index (χ2v) is 11.8. The van der Waals surface area contributed by atoms with Gasteiger partial charge in [0.15, 0.2) is 5.65 Å². The van der Waals surface area contributed by atoms with Gasteiger partial charge in [0.2, 0.25) is 10.0 Å². The number of anilines is 2. The van der Waals surface area contributed by atoms with Crippen LogP contribution < -0.4 is 10.0 Å². The van der Waals surface area contributed by atoms with E-state index in [0.717, 1.165) is 24.0 Å². The van der Waals surface area contributed by atoms with Crippen LogP contribution in [0.3, 0.4) is 0 Å². The fourth-order valence-electron chi connectivity index (χ4n) is 4.82. The maximum absolute atomic E-state index is 13.8. The fraction of sp³-hybridized carbons (Fsp3) is 0.286. The van der Waals surface area contributed by atoms with Crippen LogP contribution in [0.25, 0.3) is 5.65 Å². The third-order valence-electron chi connectivity index (χ3n) is 7.03. The van der Waals surface area contributed by atoms with E-state index < -0.39 is 15.9 Å². The molecule has 0 aliphatic carbocycles. The van der Waals surface area contributed by atoms with E-state index in [1.807, 2.05) is 35.9 Å². The molecule has 1 aliphatic rings. The Balaban J connectivity index is 1.47. The monoisotopic (exact) mass is 564 g/mol. The van der Waals surface area contributed by atoms with Crippen LogP contribution in [-0.4, -0.2) is 58.6 Å². The van der Waals surface area contributed by atoms with E-state index in [9.17, 15) is 22.4 Å². The first-order valence-electron chi connectivity index (χ1n) is 12.9. The van der Waals surface area contributed by atoms with Crippen molar-refractivity contribution < 1.29 is 22.4 Å². The molecule has 0 atom stereocenters. The molecule has 10 nitrogen and oxygen atoms in total. The summed E-state index contributed by atoms with van der Waals surface area (Å²) in [5.74, 6) is -1.12. The normalized spacial score (nSPS) is 14.3. The number of carbonyl (C=O) groups is 2. The number of fused-ring (bicyclic) bond motifs is 1. The Kier molecular flexibility index (Phi) is 7.53. The minimum atomic E-state index is -3.80. The van der Waals surface area contributed by atoms with Crippen LogP contribution in [0, 0.1) is 12.7 Å². The van der Waals surface area contributed by atoms with E-state index in [2.05, 4.69) is 15.4 Å². The number of hydrogen-bond acceptors (Lipinski definition) is 7. The molecule has 12 heteroatoms. The minimum Gasteiger partial charge on any atom is -0.339 e. The van der Waals surface area contributed by atoms with Gasteiger partial charge in [-0.15, -0.1) is 0 Å². The molecule has 1 fully saturated rings. The summed E-state index contributed by atoms with van der Waals surface area (Å²) in [7, 11) is -3.80. The molecule has 1 aliphatic heterocycles. The number of nitrogens with zero attached hydrogens (tertiary/aromatic N) is 4. The lowest BCUT2D eigenvalue weighted by molar-refractivity contribution is 0.0713. The molecule has 0 unspecified atom stereocenters. The summed E-state index contributed by atoms with van der Waals surface area (Å²) in [4.78, 5) is 32.6. The smallest absolute Gasteiger partial charge is 0.270 e. The molecule has 208 valence electrons. The van der Waals surface area contributed by atoms with Crippen LogP contribution in [0.2, 0.25) is 0 Å². The molecule has 2 N–H and O–H groups in total. The molecule has 2 aromatic carbocycles. The number of carbonyl (C=O) groups excluding carboxylic acids is 2. The number of aromatic nitrogens is 3. The Labute approximate surface area is 231 Å². The molecule has 0 saturated carbocycles. The van der Waals surface area contributed by atoms with Crippen molar-refractivity contribution in [2.75, 3.05) is 24.2 Å². The zero-order valence-electron chi connectivity index (χ0n) is 22.1. The first-order chi connectivity index (χ1) is 19.1. The van der Waals surface area contributed by atoms with E-state index in [0.29, 0.717) is 24.6 Å². The molecule has 2 amide bonds. The molecule has 0 spiro atoms. The summed E-state index contributed by atoms with van der Waals surface area (Å²) < 4.78 is 40.6. The minimum absolute atomic E-state index is 0.0385. The Bertz CT molecular complexity index is 1680. The number of likely N-dealkylation sites (tertiary alicyclic amines) is 1. The highest BCUT2D eigenvalue weighted by Crippen LogP contribution is 2.30. The quantitative estimate of drug-likeness (QED) is 0.347. The molecule has 0 radical (unpaired) electrons. The van der Waals surface area contributed by atoms with Crippen molar-refractivity contribution in [3.63, 3.8) is 0 Å². The highest BCUT2D eigenvalue weighted by molar-refractivity contribution is 7.90. The zero-order valence-corrected chi connectivity index (χ0v) is 22.9. The topological polar surface area (TPSA) is 126 Å². The Morgan fingerprint density at radius 3 is 2.45 bits per heavy atom. The van der Waals surface area contributed by atoms with Crippen LogP contribution in [0.5, 0.6) is 0 Å². The van der Waals surface area contributed by atoms with Gasteiger partial charge >= 0.3 is 0 Å². The number of amides is 2. The van der Waals surface area contributed by atoms with Gasteiger partial charge in [-0.05, 0) is 68.0 Å². The SMILES string of the molecule is CCS(=O)(=O)NC(=O)c1cnn2c(Nc3cccc(C)c3)c(C(=O)N3CCC(c4ccc(F)cc4)CC3)cnc12. The maximum Gasteiger partial charge on any atom is 0.270 e. The van der Waals surface area contributed by atoms with Crippen molar-refractivity contribution in [1.29, 1.82) is 0 Å². The number of sulfonamides is 1. The van der Waals surface area contributed by atoms with Gasteiger partial charge in [-0.1, -0.05) is 24.3 Å². The van der Waals surface area contributed by atoms with Crippen LogP contribution in [0.4, 0.5) is 15.9 Å². The van der Waals surface area contributed by atoms with E-state index in [4.69, 9.17) is 0 Å². The van der Waals surface area contributed by atoms with Crippen LogP contribution in [0.1, 0.15) is 57.5 Å². The van der Waals surface area contributed by atoms with Crippen molar-refractivity contribution in [3.8, 4) is 0 Å². The zero-order chi connectivity index (χ0) is 28.4. The van der Waals surface area contributed by atoms with E-state index in [1.165, 1.54) is 36.0 Å². The maximum atomic E-state index is 13.8. The number of nitrogens with one attached hydrogen (secondary N) is 2. The Morgan fingerprint density at radius 2 is 1.77 bits per heavy atom. The average Bonchev–Trinajstić information content (AvgIpc) is 3.38. The molecule has 5 rings (SSSR count). The summed E-state index contributed by atoms with van der Waals surface area (Å²) in [6.45, 7) is 4.37. The third kappa shape index (κ3) is 5.67. The summed E-state index contributed by atoms with van der Waals surface area (Å²) in [6, 6.07) is 14.0. The molecule has 4 aromatic rings. The molecule has 1 saturated heterocycles. The lowest BCUT2D eigenvalue weighted by Crippen LogP contribution is -2.38. The summed E-state index contributed by atoms with van der Waals surface area (Å²) in [5, 5.41) is 7.55. The third-order valence-corrected chi connectivity index (χ3v) is 8.29. The highest BCUT2D eigenvalue weighted by Gasteiger charge is 2.29. The first kappa shape index (κ1) is 27.3. The fourth-order valence-corrected chi connectivity index (χ4v) is 5.35. The average molecular weight is 565 g/mol. The number of benzene rings is 2. The van der Waals surface area contributed by atoms with Crippen LogP contribution in [-0.2, 0) is 10.0 Å². The number of halogens is 1. The van der Waals surface area contributed by atoms with Gasteiger partial charge in [0.1, 0.15) is 22.8 Å². The van der Waals surface area contributed by atoms with Gasteiger partial charge in [-0.25, -0.2) is 22.5 Å².